The molecule has 1 heterocycles. The lowest BCUT2D eigenvalue weighted by molar-refractivity contribution is 0.0550. The van der Waals surface area contributed by atoms with Gasteiger partial charge in [-0.15, -0.1) is 6.58 Å². The number of carbonyl (C=O) groups excluding carboxylic acids is 2. The van der Waals surface area contributed by atoms with E-state index < -0.39 is 22.0 Å². The van der Waals surface area contributed by atoms with Crippen LogP contribution in [0, 0.1) is 0 Å². The molecular formula is C14H13FINO2. The normalized spacial score (nSPS) is 17.3. The third-order valence-electron chi connectivity index (χ3n) is 3.01. The molecule has 0 saturated heterocycles. The smallest absolute Gasteiger partial charge is 0.261 e. The second kappa shape index (κ2) is 5.40. The van der Waals surface area contributed by atoms with E-state index in [1.807, 2.05) is 0 Å². The number of nitrogens with zero attached hydrogens (tertiary/aromatic N) is 1. The van der Waals surface area contributed by atoms with Crippen LogP contribution >= 0.6 is 22.6 Å². The van der Waals surface area contributed by atoms with Gasteiger partial charge in [0.1, 0.15) is 0 Å². The Kier molecular flexibility index (Phi) is 4.03. The van der Waals surface area contributed by atoms with Crippen molar-refractivity contribution in [2.75, 3.05) is 0 Å². The van der Waals surface area contributed by atoms with Gasteiger partial charge in [0.25, 0.3) is 11.8 Å². The molecule has 1 aliphatic rings. The summed E-state index contributed by atoms with van der Waals surface area (Å²) in [5, 5.41) is 0. The summed E-state index contributed by atoms with van der Waals surface area (Å²) >= 11 is 1.59. The van der Waals surface area contributed by atoms with Crippen LogP contribution in [0.25, 0.3) is 0 Å². The van der Waals surface area contributed by atoms with Crippen molar-refractivity contribution in [3.05, 3.63) is 47.5 Å². The highest BCUT2D eigenvalue weighted by Crippen LogP contribution is 2.30. The van der Waals surface area contributed by atoms with Crippen molar-refractivity contribution in [3.8, 4) is 0 Å². The SMILES string of the molecule is C=C(C)CC(C(F)I)N1C(=O)c2ccccc2C1=O. The Morgan fingerprint density at radius 2 is 1.79 bits per heavy atom. The van der Waals surface area contributed by atoms with Crippen LogP contribution in [0.5, 0.6) is 0 Å². The van der Waals surface area contributed by atoms with Crippen LogP contribution in [0.15, 0.2) is 36.4 Å². The van der Waals surface area contributed by atoms with Gasteiger partial charge < -0.3 is 0 Å². The van der Waals surface area contributed by atoms with Gasteiger partial charge in [0.2, 0.25) is 0 Å². The number of rotatable bonds is 4. The molecule has 2 unspecified atom stereocenters. The van der Waals surface area contributed by atoms with E-state index in [2.05, 4.69) is 6.58 Å². The molecular weight excluding hydrogens is 360 g/mol. The number of benzene rings is 1. The maximum Gasteiger partial charge on any atom is 0.261 e. The van der Waals surface area contributed by atoms with Gasteiger partial charge in [0, 0.05) is 0 Å². The van der Waals surface area contributed by atoms with Gasteiger partial charge in [-0.05, 0) is 48.1 Å². The van der Waals surface area contributed by atoms with Crippen LogP contribution < -0.4 is 0 Å². The third kappa shape index (κ3) is 2.56. The van der Waals surface area contributed by atoms with Crippen molar-refractivity contribution < 1.29 is 14.0 Å². The number of carbonyl (C=O) groups is 2. The zero-order chi connectivity index (χ0) is 14.2. The maximum atomic E-state index is 13.7. The zero-order valence-corrected chi connectivity index (χ0v) is 12.6. The van der Waals surface area contributed by atoms with Crippen molar-refractivity contribution in [1.29, 1.82) is 0 Å². The fourth-order valence-electron chi connectivity index (χ4n) is 2.16. The molecule has 5 heteroatoms. The van der Waals surface area contributed by atoms with Crippen LogP contribution in [0.3, 0.4) is 0 Å². The standard InChI is InChI=1S/C14H13FINO2/c1-8(2)7-11(12(15)16)17-13(18)9-5-3-4-6-10(9)14(17)19/h3-6,11-12H,1,7H2,2H3. The first-order valence-electron chi connectivity index (χ1n) is 5.83. The van der Waals surface area contributed by atoms with Gasteiger partial charge >= 0.3 is 0 Å². The Bertz CT molecular complexity index is 521. The first-order valence-corrected chi connectivity index (χ1v) is 7.07. The first kappa shape index (κ1) is 14.2. The van der Waals surface area contributed by atoms with E-state index in [-0.39, 0.29) is 6.42 Å². The number of hydrogen-bond acceptors (Lipinski definition) is 2. The number of hydrogen-bond donors (Lipinski definition) is 0. The summed E-state index contributed by atoms with van der Waals surface area (Å²) in [6.07, 6.45) is 0.273. The molecule has 0 fully saturated rings. The molecule has 1 aliphatic heterocycles. The van der Waals surface area contributed by atoms with E-state index >= 15 is 0 Å². The number of alkyl halides is 2. The first-order chi connectivity index (χ1) is 8.93. The predicted octanol–water partition coefficient (Wildman–Crippen LogP) is 3.35. The molecule has 2 atom stereocenters. The summed E-state index contributed by atoms with van der Waals surface area (Å²) < 4.78 is 12.4. The molecule has 0 spiro atoms. The fraction of sp³-hybridized carbons (Fsp3) is 0.286. The summed E-state index contributed by atoms with van der Waals surface area (Å²) in [7, 11) is 0. The largest absolute Gasteiger partial charge is 0.269 e. The molecule has 0 saturated carbocycles. The molecule has 0 aliphatic carbocycles. The highest BCUT2D eigenvalue weighted by molar-refractivity contribution is 14.1. The van der Waals surface area contributed by atoms with E-state index in [1.165, 1.54) is 0 Å². The minimum absolute atomic E-state index is 0.273. The van der Waals surface area contributed by atoms with Crippen LogP contribution in [-0.4, -0.2) is 26.9 Å². The van der Waals surface area contributed by atoms with Gasteiger partial charge in [0.05, 0.1) is 17.2 Å². The van der Waals surface area contributed by atoms with E-state index in [4.69, 9.17) is 0 Å². The second-order valence-corrected chi connectivity index (χ2v) is 5.78. The Morgan fingerprint density at radius 3 is 2.16 bits per heavy atom. The van der Waals surface area contributed by atoms with Gasteiger partial charge in [-0.2, -0.15) is 0 Å². The predicted molar refractivity (Wildman–Crippen MR) is 79.1 cm³/mol. The molecule has 0 bridgehead atoms. The topological polar surface area (TPSA) is 37.4 Å². The number of halogens is 2. The maximum absolute atomic E-state index is 13.7. The van der Waals surface area contributed by atoms with E-state index in [0.717, 1.165) is 10.5 Å². The molecule has 1 aromatic carbocycles. The number of fused-ring (bicyclic) bond motifs is 1. The Labute approximate surface area is 124 Å². The van der Waals surface area contributed by atoms with Crippen molar-refractivity contribution >= 4 is 34.4 Å². The van der Waals surface area contributed by atoms with Gasteiger partial charge in [-0.3, -0.25) is 14.5 Å². The van der Waals surface area contributed by atoms with E-state index in [9.17, 15) is 14.0 Å². The van der Waals surface area contributed by atoms with Gasteiger partial charge in [-0.1, -0.05) is 17.7 Å². The van der Waals surface area contributed by atoms with Crippen molar-refractivity contribution in [3.63, 3.8) is 0 Å². The number of amides is 2. The Hall–Kier alpha value is -1.24. The van der Waals surface area contributed by atoms with E-state index in [0.29, 0.717) is 11.1 Å². The molecule has 3 nitrogen and oxygen atoms in total. The second-order valence-electron chi connectivity index (χ2n) is 4.59. The Balaban J connectivity index is 2.39. The zero-order valence-electron chi connectivity index (χ0n) is 10.4. The summed E-state index contributed by atoms with van der Waals surface area (Å²) in [5.41, 5.74) is 1.42. The average Bonchev–Trinajstić information content (AvgIpc) is 2.60. The third-order valence-corrected chi connectivity index (χ3v) is 3.84. The van der Waals surface area contributed by atoms with Crippen molar-refractivity contribution in [2.45, 2.75) is 23.6 Å². The van der Waals surface area contributed by atoms with Crippen LogP contribution in [0.1, 0.15) is 34.1 Å². The molecule has 100 valence electrons. The lowest BCUT2D eigenvalue weighted by atomic mass is 10.1. The molecule has 0 N–H and O–H groups in total. The van der Waals surface area contributed by atoms with Gasteiger partial charge in [0.15, 0.2) is 4.18 Å². The summed E-state index contributed by atoms with van der Waals surface area (Å²) in [5.74, 6) is -0.850. The average molecular weight is 373 g/mol. The Morgan fingerprint density at radius 1 is 1.32 bits per heavy atom. The lowest BCUT2D eigenvalue weighted by Gasteiger charge is -2.26. The lowest BCUT2D eigenvalue weighted by Crippen LogP contribution is -2.43. The van der Waals surface area contributed by atoms with Crippen LogP contribution in [0.2, 0.25) is 0 Å². The number of imide groups is 1. The molecule has 0 radical (unpaired) electrons. The quantitative estimate of drug-likeness (QED) is 0.351. The van der Waals surface area contributed by atoms with Crippen LogP contribution in [-0.2, 0) is 0 Å². The van der Waals surface area contributed by atoms with Crippen LogP contribution in [0.4, 0.5) is 4.39 Å². The molecule has 19 heavy (non-hydrogen) atoms. The van der Waals surface area contributed by atoms with Gasteiger partial charge in [-0.25, -0.2) is 4.39 Å². The minimum atomic E-state index is -1.32. The molecule has 2 amide bonds. The molecule has 2 rings (SSSR count). The monoisotopic (exact) mass is 373 g/mol. The molecule has 0 aromatic heterocycles. The highest BCUT2D eigenvalue weighted by Gasteiger charge is 2.42. The minimum Gasteiger partial charge on any atom is -0.269 e. The summed E-state index contributed by atoms with van der Waals surface area (Å²) in [4.78, 5) is 25.5. The summed E-state index contributed by atoms with van der Waals surface area (Å²) in [6, 6.07) is 5.77. The summed E-state index contributed by atoms with van der Waals surface area (Å²) in [6.45, 7) is 5.48. The van der Waals surface area contributed by atoms with Crippen molar-refractivity contribution in [2.24, 2.45) is 0 Å². The highest BCUT2D eigenvalue weighted by atomic mass is 127. The fourth-order valence-corrected chi connectivity index (χ4v) is 2.74. The van der Waals surface area contributed by atoms with Crippen molar-refractivity contribution in [1.82, 2.24) is 4.90 Å². The molecule has 1 aromatic rings. The van der Waals surface area contributed by atoms with E-state index in [1.54, 1.807) is 53.8 Å².